The van der Waals surface area contributed by atoms with Crippen molar-refractivity contribution in [1.82, 2.24) is 9.97 Å². The zero-order valence-corrected chi connectivity index (χ0v) is 12.8. The minimum Gasteiger partial charge on any atom is -0.486 e. The third-order valence-corrected chi connectivity index (χ3v) is 2.90. The summed E-state index contributed by atoms with van der Waals surface area (Å²) < 4.78 is 5.62. The second kappa shape index (κ2) is 6.77. The molecule has 2 rings (SSSR count). The number of nitrogens with one attached hydrogen (secondary N) is 1. The zero-order chi connectivity index (χ0) is 14.5. The van der Waals surface area contributed by atoms with Gasteiger partial charge in [0.15, 0.2) is 5.82 Å². The van der Waals surface area contributed by atoms with E-state index in [1.54, 1.807) is 18.2 Å². The molecule has 0 unspecified atom stereocenters. The van der Waals surface area contributed by atoms with Crippen molar-refractivity contribution in [2.24, 2.45) is 0 Å². The fourth-order valence-corrected chi connectivity index (χ4v) is 2.23. The molecule has 20 heavy (non-hydrogen) atoms. The minimum atomic E-state index is 0.261. The van der Waals surface area contributed by atoms with Gasteiger partial charge in [-0.2, -0.15) is 0 Å². The average Bonchev–Trinajstić information content (AvgIpc) is 2.35. The zero-order valence-electron chi connectivity index (χ0n) is 11.3. The molecule has 1 heterocycles. The molecule has 0 spiro atoms. The molecule has 0 radical (unpaired) electrons. The quantitative estimate of drug-likeness (QED) is 0.903. The van der Waals surface area contributed by atoms with Gasteiger partial charge in [-0.1, -0.05) is 23.2 Å². The van der Waals surface area contributed by atoms with Gasteiger partial charge in [0.05, 0.1) is 0 Å². The lowest BCUT2D eigenvalue weighted by Gasteiger charge is -2.09. The van der Waals surface area contributed by atoms with Gasteiger partial charge in [-0.25, -0.2) is 9.97 Å². The van der Waals surface area contributed by atoms with Gasteiger partial charge >= 0.3 is 0 Å². The highest BCUT2D eigenvalue weighted by Crippen LogP contribution is 2.24. The predicted molar refractivity (Wildman–Crippen MR) is 81.7 cm³/mol. The van der Waals surface area contributed by atoms with Crippen LogP contribution in [-0.4, -0.2) is 16.5 Å². The number of hydrogen-bond acceptors (Lipinski definition) is 4. The van der Waals surface area contributed by atoms with Gasteiger partial charge < -0.3 is 10.1 Å². The van der Waals surface area contributed by atoms with Crippen molar-refractivity contribution in [2.45, 2.75) is 20.5 Å². The molecule has 0 aliphatic heterocycles. The predicted octanol–water partition coefficient (Wildman–Crippen LogP) is 4.10. The van der Waals surface area contributed by atoms with Gasteiger partial charge in [-0.15, -0.1) is 0 Å². The molecule has 0 aliphatic rings. The third-order valence-electron chi connectivity index (χ3n) is 2.46. The number of hydrogen-bond donors (Lipinski definition) is 1. The smallest absolute Gasteiger partial charge is 0.168 e. The lowest BCUT2D eigenvalue weighted by molar-refractivity contribution is 0.295. The molecule has 1 N–H and O–H groups in total. The summed E-state index contributed by atoms with van der Waals surface area (Å²) in [4.78, 5) is 8.70. The monoisotopic (exact) mass is 311 g/mol. The summed E-state index contributed by atoms with van der Waals surface area (Å²) in [6, 6.07) is 6.95. The Hall–Kier alpha value is -1.52. The van der Waals surface area contributed by atoms with E-state index in [0.29, 0.717) is 21.6 Å². The summed E-state index contributed by atoms with van der Waals surface area (Å²) in [7, 11) is 0. The summed E-state index contributed by atoms with van der Waals surface area (Å²) in [6.45, 7) is 5.00. The molecule has 2 aromatic rings. The topological polar surface area (TPSA) is 47.0 Å². The maximum absolute atomic E-state index is 5.92. The first-order chi connectivity index (χ1) is 9.56. The van der Waals surface area contributed by atoms with Crippen LogP contribution in [0.5, 0.6) is 5.75 Å². The molecule has 0 aliphatic carbocycles. The highest BCUT2D eigenvalue weighted by Gasteiger charge is 2.04. The number of ether oxygens (including phenoxy) is 1. The number of rotatable bonds is 5. The van der Waals surface area contributed by atoms with E-state index in [-0.39, 0.29) is 6.61 Å². The first kappa shape index (κ1) is 14.9. The van der Waals surface area contributed by atoms with Gasteiger partial charge in [0.25, 0.3) is 0 Å². The first-order valence-corrected chi connectivity index (χ1v) is 6.99. The Morgan fingerprint density at radius 2 is 1.80 bits per heavy atom. The summed E-state index contributed by atoms with van der Waals surface area (Å²) >= 11 is 11.8. The van der Waals surface area contributed by atoms with Crippen LogP contribution >= 0.6 is 23.2 Å². The molecule has 0 saturated heterocycles. The summed E-state index contributed by atoms with van der Waals surface area (Å²) in [5, 5.41) is 4.22. The Morgan fingerprint density at radius 3 is 2.45 bits per heavy atom. The molecule has 0 bridgehead atoms. The maximum atomic E-state index is 5.92. The molecule has 4 nitrogen and oxygen atoms in total. The number of halogens is 2. The fraction of sp³-hybridized carbons (Fsp3) is 0.286. The molecule has 1 aromatic carbocycles. The fourth-order valence-electron chi connectivity index (χ4n) is 1.73. The molecule has 106 valence electrons. The summed E-state index contributed by atoms with van der Waals surface area (Å²) in [6.07, 6.45) is 0. The largest absolute Gasteiger partial charge is 0.486 e. The molecule has 6 heteroatoms. The summed E-state index contributed by atoms with van der Waals surface area (Å²) in [5.74, 6) is 2.00. The molecular weight excluding hydrogens is 297 g/mol. The van der Waals surface area contributed by atoms with E-state index in [1.165, 1.54) is 0 Å². The Kier molecular flexibility index (Phi) is 5.04. The van der Waals surface area contributed by atoms with Crippen molar-refractivity contribution in [3.63, 3.8) is 0 Å². The molecule has 1 aromatic heterocycles. The number of nitrogens with zero attached hydrogens (tertiary/aromatic N) is 2. The lowest BCUT2D eigenvalue weighted by atomic mass is 10.3. The van der Waals surface area contributed by atoms with Crippen LogP contribution in [0.2, 0.25) is 10.0 Å². The Morgan fingerprint density at radius 1 is 1.10 bits per heavy atom. The van der Waals surface area contributed by atoms with E-state index in [9.17, 15) is 0 Å². The van der Waals surface area contributed by atoms with Crippen molar-refractivity contribution in [3.8, 4) is 5.75 Å². The molecule has 0 amide bonds. The van der Waals surface area contributed by atoms with Crippen LogP contribution in [0.4, 0.5) is 5.82 Å². The minimum absolute atomic E-state index is 0.261. The van der Waals surface area contributed by atoms with Gasteiger partial charge in [-0.3, -0.25) is 0 Å². The van der Waals surface area contributed by atoms with Crippen molar-refractivity contribution in [2.75, 3.05) is 11.9 Å². The average molecular weight is 312 g/mol. The number of aryl methyl sites for hydroxylation is 1. The normalized spacial score (nSPS) is 10.4. The van der Waals surface area contributed by atoms with Gasteiger partial charge in [0.1, 0.15) is 18.2 Å². The Labute approximate surface area is 128 Å². The van der Waals surface area contributed by atoms with Crippen molar-refractivity contribution in [3.05, 3.63) is 45.8 Å². The number of aromatic nitrogens is 2. The van der Waals surface area contributed by atoms with E-state index >= 15 is 0 Å². The highest BCUT2D eigenvalue weighted by molar-refractivity contribution is 6.34. The Bertz CT molecular complexity index is 585. The van der Waals surface area contributed by atoms with E-state index in [1.807, 2.05) is 19.9 Å². The molecule has 0 atom stereocenters. The van der Waals surface area contributed by atoms with Gasteiger partial charge in [0, 0.05) is 28.4 Å². The molecule has 0 fully saturated rings. The van der Waals surface area contributed by atoms with E-state index in [4.69, 9.17) is 27.9 Å². The van der Waals surface area contributed by atoms with Crippen LogP contribution in [0.3, 0.4) is 0 Å². The van der Waals surface area contributed by atoms with Crippen LogP contribution in [0, 0.1) is 6.92 Å². The number of anilines is 1. The van der Waals surface area contributed by atoms with E-state index in [0.717, 1.165) is 18.1 Å². The van der Waals surface area contributed by atoms with Crippen LogP contribution in [0.25, 0.3) is 0 Å². The van der Waals surface area contributed by atoms with Crippen molar-refractivity contribution >= 4 is 29.0 Å². The standard InChI is InChI=1S/C14H15Cl2N3O/c1-3-17-13-4-9(2)18-14(19-13)8-20-12-6-10(15)5-11(16)7-12/h4-7H,3,8H2,1-2H3,(H,17,18,19). The second-order valence-corrected chi connectivity index (χ2v) is 5.11. The first-order valence-electron chi connectivity index (χ1n) is 6.24. The highest BCUT2D eigenvalue weighted by atomic mass is 35.5. The van der Waals surface area contributed by atoms with Crippen LogP contribution < -0.4 is 10.1 Å². The SMILES string of the molecule is CCNc1cc(C)nc(COc2cc(Cl)cc(Cl)c2)n1. The maximum Gasteiger partial charge on any atom is 0.168 e. The van der Waals surface area contributed by atoms with E-state index in [2.05, 4.69) is 15.3 Å². The van der Waals surface area contributed by atoms with E-state index < -0.39 is 0 Å². The van der Waals surface area contributed by atoms with Crippen molar-refractivity contribution in [1.29, 1.82) is 0 Å². The van der Waals surface area contributed by atoms with Crippen LogP contribution in [0.15, 0.2) is 24.3 Å². The van der Waals surface area contributed by atoms with Crippen LogP contribution in [0.1, 0.15) is 18.4 Å². The molecule has 0 saturated carbocycles. The third kappa shape index (κ3) is 4.25. The van der Waals surface area contributed by atoms with Crippen LogP contribution in [-0.2, 0) is 6.61 Å². The van der Waals surface area contributed by atoms with Gasteiger partial charge in [-0.05, 0) is 32.0 Å². The Balaban J connectivity index is 2.10. The summed E-state index contributed by atoms with van der Waals surface area (Å²) in [5.41, 5.74) is 0.888. The van der Waals surface area contributed by atoms with Crippen molar-refractivity contribution < 1.29 is 4.74 Å². The lowest BCUT2D eigenvalue weighted by Crippen LogP contribution is -2.07. The molecular formula is C14H15Cl2N3O. The van der Waals surface area contributed by atoms with Gasteiger partial charge in [0.2, 0.25) is 0 Å². The second-order valence-electron chi connectivity index (χ2n) is 4.23. The number of benzene rings is 1.